The first-order chi connectivity index (χ1) is 9.79. The third-order valence-corrected chi connectivity index (χ3v) is 4.63. The van der Waals surface area contributed by atoms with Gasteiger partial charge in [-0.25, -0.2) is 8.42 Å². The molecule has 0 amide bonds. The number of sulfonamides is 1. The van der Waals surface area contributed by atoms with E-state index in [1.165, 1.54) is 30.3 Å². The van der Waals surface area contributed by atoms with Gasteiger partial charge in [0.1, 0.15) is 0 Å². The summed E-state index contributed by atoms with van der Waals surface area (Å²) in [5, 5.41) is 10.7. The lowest BCUT2D eigenvalue weighted by atomic mass is 10.2. The molecule has 0 aliphatic rings. The molecule has 0 bridgehead atoms. The number of anilines is 1. The first kappa shape index (κ1) is 15.5. The summed E-state index contributed by atoms with van der Waals surface area (Å²) in [6.45, 7) is 1.60. The normalized spacial score (nSPS) is 11.1. The molecule has 0 saturated carbocycles. The fraction of sp³-hybridized carbons (Fsp3) is 0.0769. The van der Waals surface area contributed by atoms with Gasteiger partial charge in [-0.15, -0.1) is 0 Å². The van der Waals surface area contributed by atoms with E-state index in [0.717, 1.165) is 0 Å². The lowest BCUT2D eigenvalue weighted by Crippen LogP contribution is -2.13. The fourth-order valence-corrected chi connectivity index (χ4v) is 3.44. The molecule has 0 saturated heterocycles. The van der Waals surface area contributed by atoms with E-state index in [1.54, 1.807) is 19.1 Å². The molecule has 2 rings (SSSR count). The van der Waals surface area contributed by atoms with Crippen molar-refractivity contribution in [3.63, 3.8) is 0 Å². The molecule has 0 radical (unpaired) electrons. The van der Waals surface area contributed by atoms with E-state index in [1.807, 2.05) is 0 Å². The first-order valence-corrected chi connectivity index (χ1v) is 8.10. The zero-order chi connectivity index (χ0) is 15.6. The number of nitrogens with one attached hydrogen (secondary N) is 1. The van der Waals surface area contributed by atoms with Crippen LogP contribution in [0.5, 0.6) is 0 Å². The van der Waals surface area contributed by atoms with Crippen LogP contribution in [-0.4, -0.2) is 13.3 Å². The second-order valence-electron chi connectivity index (χ2n) is 4.32. The highest BCUT2D eigenvalue weighted by atomic mass is 79.9. The number of rotatable bonds is 4. The second kappa shape index (κ2) is 5.82. The highest BCUT2D eigenvalue weighted by molar-refractivity contribution is 9.10. The average Bonchev–Trinajstić information content (AvgIpc) is 2.40. The van der Waals surface area contributed by atoms with Crippen LogP contribution in [0.3, 0.4) is 0 Å². The van der Waals surface area contributed by atoms with Crippen molar-refractivity contribution in [1.82, 2.24) is 0 Å². The van der Waals surface area contributed by atoms with E-state index in [4.69, 9.17) is 0 Å². The molecule has 21 heavy (non-hydrogen) atoms. The van der Waals surface area contributed by atoms with Gasteiger partial charge in [0.15, 0.2) is 0 Å². The van der Waals surface area contributed by atoms with Crippen molar-refractivity contribution >= 4 is 37.3 Å². The van der Waals surface area contributed by atoms with Crippen molar-refractivity contribution in [3.05, 3.63) is 62.6 Å². The summed E-state index contributed by atoms with van der Waals surface area (Å²) in [4.78, 5) is 10.2. The van der Waals surface area contributed by atoms with Crippen molar-refractivity contribution in [2.24, 2.45) is 0 Å². The van der Waals surface area contributed by atoms with Gasteiger partial charge in [0.2, 0.25) is 0 Å². The van der Waals surface area contributed by atoms with Gasteiger partial charge < -0.3 is 0 Å². The van der Waals surface area contributed by atoms with E-state index in [2.05, 4.69) is 20.7 Å². The van der Waals surface area contributed by atoms with E-state index >= 15 is 0 Å². The van der Waals surface area contributed by atoms with E-state index in [9.17, 15) is 18.5 Å². The molecule has 0 atom stereocenters. The maximum Gasteiger partial charge on any atom is 0.269 e. The van der Waals surface area contributed by atoms with Crippen LogP contribution in [-0.2, 0) is 10.0 Å². The van der Waals surface area contributed by atoms with Crippen LogP contribution in [0.15, 0.2) is 51.8 Å². The molecular weight excluding hydrogens is 360 g/mol. The molecule has 0 heterocycles. The SMILES string of the molecule is Cc1cc([N+](=O)[O-])ccc1NS(=O)(=O)c1cccc(Br)c1. The fourth-order valence-electron chi connectivity index (χ4n) is 1.71. The minimum Gasteiger partial charge on any atom is -0.279 e. The van der Waals surface area contributed by atoms with Crippen LogP contribution < -0.4 is 4.72 Å². The lowest BCUT2D eigenvalue weighted by molar-refractivity contribution is -0.384. The Hall–Kier alpha value is -1.93. The quantitative estimate of drug-likeness (QED) is 0.658. The van der Waals surface area contributed by atoms with Crippen LogP contribution in [0.25, 0.3) is 0 Å². The van der Waals surface area contributed by atoms with Gasteiger partial charge in [0.25, 0.3) is 15.7 Å². The van der Waals surface area contributed by atoms with Crippen LogP contribution in [0.2, 0.25) is 0 Å². The standard InChI is InChI=1S/C13H11BrN2O4S/c1-9-7-11(16(17)18)5-6-13(9)15-21(19,20)12-4-2-3-10(14)8-12/h2-8,15H,1H3. The number of halogens is 1. The van der Waals surface area contributed by atoms with Gasteiger partial charge in [-0.1, -0.05) is 22.0 Å². The number of hydrogen-bond acceptors (Lipinski definition) is 4. The highest BCUT2D eigenvalue weighted by Crippen LogP contribution is 2.24. The Morgan fingerprint density at radius 3 is 2.48 bits per heavy atom. The van der Waals surface area contributed by atoms with Crippen molar-refractivity contribution in [2.45, 2.75) is 11.8 Å². The molecule has 0 aliphatic heterocycles. The topological polar surface area (TPSA) is 89.3 Å². The molecule has 0 unspecified atom stereocenters. The van der Waals surface area contributed by atoms with Gasteiger partial charge in [-0.05, 0) is 36.8 Å². The maximum absolute atomic E-state index is 12.3. The Balaban J connectivity index is 2.35. The van der Waals surface area contributed by atoms with Crippen LogP contribution in [0, 0.1) is 17.0 Å². The zero-order valence-electron chi connectivity index (χ0n) is 10.9. The molecule has 110 valence electrons. The average molecular weight is 371 g/mol. The van der Waals surface area contributed by atoms with Crippen molar-refractivity contribution < 1.29 is 13.3 Å². The summed E-state index contributed by atoms with van der Waals surface area (Å²) in [5.41, 5.74) is 0.696. The third-order valence-electron chi connectivity index (χ3n) is 2.77. The van der Waals surface area contributed by atoms with Gasteiger partial charge in [0.05, 0.1) is 15.5 Å². The van der Waals surface area contributed by atoms with Crippen molar-refractivity contribution in [3.8, 4) is 0 Å². The number of non-ortho nitro benzene ring substituents is 1. The summed E-state index contributed by atoms with van der Waals surface area (Å²) in [6, 6.07) is 10.2. The third kappa shape index (κ3) is 3.59. The number of hydrogen-bond donors (Lipinski definition) is 1. The Morgan fingerprint density at radius 2 is 1.90 bits per heavy atom. The summed E-state index contributed by atoms with van der Waals surface area (Å²) < 4.78 is 27.6. The largest absolute Gasteiger partial charge is 0.279 e. The number of benzene rings is 2. The maximum atomic E-state index is 12.3. The first-order valence-electron chi connectivity index (χ1n) is 5.83. The van der Waals surface area contributed by atoms with Crippen molar-refractivity contribution in [2.75, 3.05) is 4.72 Å². The number of nitro benzene ring substituents is 1. The second-order valence-corrected chi connectivity index (χ2v) is 6.92. The van der Waals surface area contributed by atoms with Crippen LogP contribution in [0.4, 0.5) is 11.4 Å². The van der Waals surface area contributed by atoms with Crippen molar-refractivity contribution in [1.29, 1.82) is 0 Å². The molecule has 6 nitrogen and oxygen atoms in total. The molecule has 2 aromatic carbocycles. The summed E-state index contributed by atoms with van der Waals surface area (Å²) >= 11 is 3.21. The van der Waals surface area contributed by atoms with E-state index < -0.39 is 14.9 Å². The molecule has 0 fully saturated rings. The molecule has 0 aromatic heterocycles. The predicted octanol–water partition coefficient (Wildman–Crippen LogP) is 3.47. The van der Waals surface area contributed by atoms with Gasteiger partial charge in [-0.2, -0.15) is 0 Å². The monoisotopic (exact) mass is 370 g/mol. The number of nitro groups is 1. The number of nitrogens with zero attached hydrogens (tertiary/aromatic N) is 1. The van der Waals surface area contributed by atoms with Gasteiger partial charge in [-0.3, -0.25) is 14.8 Å². The van der Waals surface area contributed by atoms with E-state index in [-0.39, 0.29) is 10.6 Å². The number of aryl methyl sites for hydroxylation is 1. The van der Waals surface area contributed by atoms with Gasteiger partial charge >= 0.3 is 0 Å². The zero-order valence-corrected chi connectivity index (χ0v) is 13.3. The lowest BCUT2D eigenvalue weighted by Gasteiger charge is -2.10. The smallest absolute Gasteiger partial charge is 0.269 e. The molecule has 0 spiro atoms. The molecule has 8 heteroatoms. The predicted molar refractivity (Wildman–Crippen MR) is 82.8 cm³/mol. The minimum absolute atomic E-state index is 0.0853. The van der Waals surface area contributed by atoms with Gasteiger partial charge in [0, 0.05) is 16.6 Å². The highest BCUT2D eigenvalue weighted by Gasteiger charge is 2.16. The molecular formula is C13H11BrN2O4S. The summed E-state index contributed by atoms with van der Waals surface area (Å²) in [5.74, 6) is 0. The Labute approximate surface area is 130 Å². The summed E-state index contributed by atoms with van der Waals surface area (Å²) in [6.07, 6.45) is 0. The molecule has 1 N–H and O–H groups in total. The Morgan fingerprint density at radius 1 is 1.19 bits per heavy atom. The Bertz CT molecular complexity index is 806. The molecule has 2 aromatic rings. The summed E-state index contributed by atoms with van der Waals surface area (Å²) in [7, 11) is -3.74. The van der Waals surface area contributed by atoms with Crippen LogP contribution in [0.1, 0.15) is 5.56 Å². The minimum atomic E-state index is -3.74. The van der Waals surface area contributed by atoms with Crippen LogP contribution >= 0.6 is 15.9 Å². The Kier molecular flexibility index (Phi) is 4.29. The molecule has 0 aliphatic carbocycles. The van der Waals surface area contributed by atoms with E-state index in [0.29, 0.717) is 15.7 Å².